The highest BCUT2D eigenvalue weighted by molar-refractivity contribution is 6.00. The molecule has 3 rings (SSSR count). The van der Waals surface area contributed by atoms with Crippen LogP contribution in [0, 0.1) is 11.8 Å². The SMILES string of the molecule is CC.CC.CC(=O)O.O=C1c2ccccc2CC2CCCC12. The Morgan fingerprint density at radius 1 is 1.09 bits per heavy atom. The minimum absolute atomic E-state index is 0.352. The molecule has 1 aromatic carbocycles. The van der Waals surface area contributed by atoms with Crippen molar-refractivity contribution in [2.24, 2.45) is 11.8 Å². The first-order chi connectivity index (χ1) is 10.6. The lowest BCUT2D eigenvalue weighted by atomic mass is 9.77. The lowest BCUT2D eigenvalue weighted by Crippen LogP contribution is -2.27. The molecule has 2 unspecified atom stereocenters. The molecule has 0 spiro atoms. The molecule has 3 nitrogen and oxygen atoms in total. The van der Waals surface area contributed by atoms with Crippen molar-refractivity contribution >= 4 is 11.8 Å². The number of rotatable bonds is 0. The highest BCUT2D eigenvalue weighted by Crippen LogP contribution is 2.40. The molecule has 0 bridgehead atoms. The molecule has 2 aliphatic carbocycles. The van der Waals surface area contributed by atoms with Crippen LogP contribution in [0.5, 0.6) is 0 Å². The number of carboxylic acids is 1. The first-order valence-electron chi connectivity index (χ1n) is 8.41. The van der Waals surface area contributed by atoms with Gasteiger partial charge in [-0.05, 0) is 30.7 Å². The van der Waals surface area contributed by atoms with Gasteiger partial charge in [0.15, 0.2) is 5.78 Å². The highest BCUT2D eigenvalue weighted by atomic mass is 16.4. The number of carbonyl (C=O) groups is 2. The van der Waals surface area contributed by atoms with Crippen molar-refractivity contribution in [2.75, 3.05) is 0 Å². The molecule has 1 N–H and O–H groups in total. The van der Waals surface area contributed by atoms with Crippen LogP contribution in [0.4, 0.5) is 0 Å². The van der Waals surface area contributed by atoms with Crippen molar-refractivity contribution in [2.45, 2.75) is 60.3 Å². The standard InChI is InChI=1S/C13H14O.C2H4O2.2C2H6/c14-13-11-6-2-1-4-9(11)8-10-5-3-7-12(10)13;1-2(3)4;2*1-2/h1-2,4,6,10,12H,3,5,7-8H2;1H3,(H,3,4);2*1-2H3. The minimum atomic E-state index is -0.833. The number of ketones is 1. The summed E-state index contributed by atoms with van der Waals surface area (Å²) in [6.45, 7) is 9.08. The molecule has 0 heterocycles. The Balaban J connectivity index is 0.000000476. The van der Waals surface area contributed by atoms with Gasteiger partial charge in [0.1, 0.15) is 0 Å². The van der Waals surface area contributed by atoms with E-state index in [0.29, 0.717) is 17.6 Å². The quantitative estimate of drug-likeness (QED) is 0.735. The molecule has 0 amide bonds. The van der Waals surface area contributed by atoms with E-state index in [-0.39, 0.29) is 0 Å². The van der Waals surface area contributed by atoms with Gasteiger partial charge in [0.05, 0.1) is 0 Å². The van der Waals surface area contributed by atoms with Crippen molar-refractivity contribution < 1.29 is 14.7 Å². The largest absolute Gasteiger partial charge is 0.481 e. The van der Waals surface area contributed by atoms with E-state index < -0.39 is 5.97 Å². The van der Waals surface area contributed by atoms with Gasteiger partial charge in [-0.2, -0.15) is 0 Å². The summed E-state index contributed by atoms with van der Waals surface area (Å²) in [6, 6.07) is 8.13. The van der Waals surface area contributed by atoms with E-state index in [1.165, 1.54) is 18.4 Å². The predicted molar refractivity (Wildman–Crippen MR) is 91.3 cm³/mol. The van der Waals surface area contributed by atoms with Crippen LogP contribution in [0.25, 0.3) is 0 Å². The number of aliphatic carboxylic acids is 1. The van der Waals surface area contributed by atoms with Crippen LogP contribution in [-0.2, 0) is 11.2 Å². The van der Waals surface area contributed by atoms with Crippen LogP contribution in [0.1, 0.15) is 69.8 Å². The monoisotopic (exact) mass is 306 g/mol. The Morgan fingerprint density at radius 3 is 2.23 bits per heavy atom. The maximum Gasteiger partial charge on any atom is 0.300 e. The van der Waals surface area contributed by atoms with Gasteiger partial charge in [-0.3, -0.25) is 9.59 Å². The Hall–Kier alpha value is -1.64. The Morgan fingerprint density at radius 2 is 1.64 bits per heavy atom. The fourth-order valence-corrected chi connectivity index (χ4v) is 3.05. The van der Waals surface area contributed by atoms with E-state index in [1.54, 1.807) is 0 Å². The van der Waals surface area contributed by atoms with Crippen molar-refractivity contribution in [3.05, 3.63) is 35.4 Å². The summed E-state index contributed by atoms with van der Waals surface area (Å²) in [5.74, 6) is 0.580. The number of carbonyl (C=O) groups excluding carboxylic acids is 1. The molecular formula is C19H30O3. The molecule has 0 aromatic heterocycles. The van der Waals surface area contributed by atoms with Gasteiger partial charge in [0, 0.05) is 18.4 Å². The van der Waals surface area contributed by atoms with Crippen LogP contribution in [0.3, 0.4) is 0 Å². The van der Waals surface area contributed by atoms with Gasteiger partial charge in [0.2, 0.25) is 0 Å². The first-order valence-corrected chi connectivity index (χ1v) is 8.41. The number of carboxylic acid groups (broad SMARTS) is 1. The Bertz CT molecular complexity index is 462. The minimum Gasteiger partial charge on any atom is -0.481 e. The predicted octanol–water partition coefficient (Wildman–Crippen LogP) is 4.99. The molecule has 3 heteroatoms. The Labute approximate surface area is 134 Å². The molecule has 1 aromatic rings. The second-order valence-corrected chi connectivity index (χ2v) is 5.04. The van der Waals surface area contributed by atoms with Crippen LogP contribution in [-0.4, -0.2) is 16.9 Å². The van der Waals surface area contributed by atoms with E-state index in [1.807, 2.05) is 45.9 Å². The summed E-state index contributed by atoms with van der Waals surface area (Å²) in [5, 5.41) is 7.42. The summed E-state index contributed by atoms with van der Waals surface area (Å²) in [4.78, 5) is 21.1. The number of hydrogen-bond acceptors (Lipinski definition) is 2. The number of fused-ring (bicyclic) bond motifs is 2. The highest BCUT2D eigenvalue weighted by Gasteiger charge is 2.37. The molecule has 2 aliphatic rings. The second-order valence-electron chi connectivity index (χ2n) is 5.04. The molecule has 1 saturated carbocycles. The number of hydrogen-bond donors (Lipinski definition) is 1. The fraction of sp³-hybridized carbons (Fsp3) is 0.579. The van der Waals surface area contributed by atoms with Crippen molar-refractivity contribution in [3.63, 3.8) is 0 Å². The molecule has 0 saturated heterocycles. The third kappa shape index (κ3) is 5.63. The van der Waals surface area contributed by atoms with E-state index in [9.17, 15) is 4.79 Å². The zero-order chi connectivity index (χ0) is 17.1. The first kappa shape index (κ1) is 20.4. The second kappa shape index (κ2) is 11.0. The van der Waals surface area contributed by atoms with E-state index >= 15 is 0 Å². The van der Waals surface area contributed by atoms with Crippen LogP contribution >= 0.6 is 0 Å². The average Bonchev–Trinajstić information content (AvgIpc) is 3.00. The van der Waals surface area contributed by atoms with Crippen molar-refractivity contribution in [1.29, 1.82) is 0 Å². The summed E-state index contributed by atoms with van der Waals surface area (Å²) < 4.78 is 0. The van der Waals surface area contributed by atoms with Crippen LogP contribution in [0.2, 0.25) is 0 Å². The third-order valence-corrected chi connectivity index (χ3v) is 3.76. The van der Waals surface area contributed by atoms with E-state index in [4.69, 9.17) is 9.90 Å². The molecule has 0 aliphatic heterocycles. The van der Waals surface area contributed by atoms with Gasteiger partial charge < -0.3 is 5.11 Å². The maximum absolute atomic E-state index is 12.1. The summed E-state index contributed by atoms with van der Waals surface area (Å²) >= 11 is 0. The zero-order valence-corrected chi connectivity index (χ0v) is 14.6. The van der Waals surface area contributed by atoms with Crippen LogP contribution < -0.4 is 0 Å². The summed E-state index contributed by atoms with van der Waals surface area (Å²) in [6.07, 6.45) is 4.75. The number of Topliss-reactive ketones (excluding diaryl/α,β-unsaturated/α-hetero) is 1. The van der Waals surface area contributed by atoms with E-state index in [0.717, 1.165) is 25.3 Å². The zero-order valence-electron chi connectivity index (χ0n) is 14.6. The van der Waals surface area contributed by atoms with Gasteiger partial charge in [0.25, 0.3) is 5.97 Å². The molecule has 1 fully saturated rings. The summed E-state index contributed by atoms with van der Waals surface area (Å²) in [5.41, 5.74) is 2.27. The normalized spacial score (nSPS) is 20.7. The Kier molecular flexibility index (Phi) is 10.2. The molecule has 2 atom stereocenters. The van der Waals surface area contributed by atoms with Crippen molar-refractivity contribution in [3.8, 4) is 0 Å². The van der Waals surface area contributed by atoms with E-state index in [2.05, 4.69) is 6.07 Å². The molecule has 0 radical (unpaired) electrons. The van der Waals surface area contributed by atoms with Crippen molar-refractivity contribution in [1.82, 2.24) is 0 Å². The number of benzene rings is 1. The molecule has 124 valence electrons. The average molecular weight is 306 g/mol. The molecular weight excluding hydrogens is 276 g/mol. The van der Waals surface area contributed by atoms with Crippen LogP contribution in [0.15, 0.2) is 24.3 Å². The maximum atomic E-state index is 12.1. The molecule has 22 heavy (non-hydrogen) atoms. The lowest BCUT2D eigenvalue weighted by Gasteiger charge is -2.26. The topological polar surface area (TPSA) is 54.4 Å². The van der Waals surface area contributed by atoms with Gasteiger partial charge in [-0.25, -0.2) is 0 Å². The van der Waals surface area contributed by atoms with Gasteiger partial charge in [-0.15, -0.1) is 0 Å². The fourth-order valence-electron chi connectivity index (χ4n) is 3.05. The smallest absolute Gasteiger partial charge is 0.300 e. The lowest BCUT2D eigenvalue weighted by molar-refractivity contribution is -0.134. The summed E-state index contributed by atoms with van der Waals surface area (Å²) in [7, 11) is 0. The van der Waals surface area contributed by atoms with Gasteiger partial charge in [-0.1, -0.05) is 58.4 Å². The van der Waals surface area contributed by atoms with Gasteiger partial charge >= 0.3 is 0 Å². The third-order valence-electron chi connectivity index (χ3n) is 3.76.